The number of hydrogen-bond donors (Lipinski definition) is 1. The van der Waals surface area contributed by atoms with Crippen LogP contribution in [0.1, 0.15) is 57.9 Å². The maximum Gasteiger partial charge on any atom is 0.0210 e. The fraction of sp³-hybridized carbons (Fsp3) is 0.647. The first kappa shape index (κ1) is 16.7. The number of rotatable bonds is 9. The van der Waals surface area contributed by atoms with Crippen LogP contribution in [0.4, 0.5) is 0 Å². The summed E-state index contributed by atoms with van der Waals surface area (Å²) < 4.78 is 1.25. The van der Waals surface area contributed by atoms with E-state index in [4.69, 9.17) is 0 Å². The van der Waals surface area contributed by atoms with Gasteiger partial charge in [-0.05, 0) is 42.9 Å². The molecule has 108 valence electrons. The third-order valence-corrected chi connectivity index (χ3v) is 4.35. The van der Waals surface area contributed by atoms with E-state index in [1.807, 2.05) is 0 Å². The maximum absolute atomic E-state index is 3.71. The Labute approximate surface area is 127 Å². The Hall–Kier alpha value is -0.340. The lowest BCUT2D eigenvalue weighted by molar-refractivity contribution is 0.419. The molecule has 0 amide bonds. The van der Waals surface area contributed by atoms with Crippen molar-refractivity contribution < 1.29 is 0 Å². The first-order chi connectivity index (χ1) is 9.19. The molecule has 2 heteroatoms. The minimum Gasteiger partial charge on any atom is -0.316 e. The van der Waals surface area contributed by atoms with Gasteiger partial charge in [0.25, 0.3) is 0 Å². The van der Waals surface area contributed by atoms with Crippen LogP contribution in [-0.4, -0.2) is 13.1 Å². The number of benzene rings is 1. The van der Waals surface area contributed by atoms with E-state index in [0.717, 1.165) is 19.0 Å². The molecule has 0 saturated heterocycles. The second kappa shape index (κ2) is 9.55. The molecule has 1 aromatic carbocycles. The van der Waals surface area contributed by atoms with Crippen molar-refractivity contribution in [2.24, 2.45) is 5.92 Å². The molecule has 1 nitrogen and oxygen atoms in total. The molecule has 0 aromatic heterocycles. The van der Waals surface area contributed by atoms with Crippen LogP contribution in [0.3, 0.4) is 0 Å². The van der Waals surface area contributed by atoms with Crippen LogP contribution in [0.25, 0.3) is 0 Å². The smallest absolute Gasteiger partial charge is 0.0210 e. The van der Waals surface area contributed by atoms with Crippen LogP contribution < -0.4 is 5.32 Å². The zero-order valence-electron chi connectivity index (χ0n) is 12.6. The van der Waals surface area contributed by atoms with Gasteiger partial charge in [-0.2, -0.15) is 0 Å². The monoisotopic (exact) mass is 325 g/mol. The Morgan fingerprint density at radius 1 is 1.16 bits per heavy atom. The third kappa shape index (κ3) is 6.09. The largest absolute Gasteiger partial charge is 0.316 e. The van der Waals surface area contributed by atoms with Gasteiger partial charge in [-0.15, -0.1) is 0 Å². The molecule has 19 heavy (non-hydrogen) atoms. The molecule has 0 fully saturated rings. The van der Waals surface area contributed by atoms with Crippen LogP contribution in [0.15, 0.2) is 28.7 Å². The van der Waals surface area contributed by atoms with Crippen LogP contribution in [0.2, 0.25) is 0 Å². The van der Waals surface area contributed by atoms with E-state index >= 15 is 0 Å². The highest BCUT2D eigenvalue weighted by Crippen LogP contribution is 2.30. The standard InChI is InChI=1S/C17H28BrN/c1-4-8-14(3)12-15(13-19-11-5-2)16-9-6-7-10-17(16)18/h6-7,9-10,14-15,19H,4-5,8,11-13H2,1-3H3. The number of hydrogen-bond acceptors (Lipinski definition) is 1. The van der Waals surface area contributed by atoms with Gasteiger partial charge >= 0.3 is 0 Å². The molecule has 0 aliphatic carbocycles. The lowest BCUT2D eigenvalue weighted by Gasteiger charge is -2.23. The average molecular weight is 326 g/mol. The summed E-state index contributed by atoms with van der Waals surface area (Å²) in [5.41, 5.74) is 1.45. The van der Waals surface area contributed by atoms with Crippen LogP contribution in [0.5, 0.6) is 0 Å². The molecule has 0 spiro atoms. The molecule has 1 aromatic rings. The third-order valence-electron chi connectivity index (χ3n) is 3.63. The zero-order valence-corrected chi connectivity index (χ0v) is 14.2. The maximum atomic E-state index is 3.71. The van der Waals surface area contributed by atoms with Gasteiger partial charge in [0.15, 0.2) is 0 Å². The fourth-order valence-corrected chi connectivity index (χ4v) is 3.28. The van der Waals surface area contributed by atoms with Gasteiger partial charge in [0.1, 0.15) is 0 Å². The van der Waals surface area contributed by atoms with Crippen molar-refractivity contribution in [2.45, 2.75) is 52.4 Å². The molecule has 2 unspecified atom stereocenters. The molecule has 0 heterocycles. The minimum atomic E-state index is 0.615. The summed E-state index contributed by atoms with van der Waals surface area (Å²) in [6.07, 6.45) is 5.08. The van der Waals surface area contributed by atoms with Crippen molar-refractivity contribution in [1.29, 1.82) is 0 Å². The summed E-state index contributed by atoms with van der Waals surface area (Å²) in [7, 11) is 0. The van der Waals surface area contributed by atoms with Gasteiger partial charge in [-0.25, -0.2) is 0 Å². The first-order valence-corrected chi connectivity index (χ1v) is 8.43. The predicted molar refractivity (Wildman–Crippen MR) is 88.7 cm³/mol. The topological polar surface area (TPSA) is 12.0 Å². The van der Waals surface area contributed by atoms with Crippen molar-refractivity contribution in [3.63, 3.8) is 0 Å². The van der Waals surface area contributed by atoms with Gasteiger partial charge in [0.05, 0.1) is 0 Å². The Morgan fingerprint density at radius 3 is 2.53 bits per heavy atom. The summed E-state index contributed by atoms with van der Waals surface area (Å²) in [4.78, 5) is 0. The Morgan fingerprint density at radius 2 is 1.89 bits per heavy atom. The van der Waals surface area contributed by atoms with Crippen molar-refractivity contribution in [2.75, 3.05) is 13.1 Å². The average Bonchev–Trinajstić information content (AvgIpc) is 2.39. The first-order valence-electron chi connectivity index (χ1n) is 7.64. The zero-order chi connectivity index (χ0) is 14.1. The van der Waals surface area contributed by atoms with Gasteiger partial charge in [-0.1, -0.05) is 67.7 Å². The molecule has 0 radical (unpaired) electrons. The van der Waals surface area contributed by atoms with E-state index in [1.54, 1.807) is 0 Å². The molecule has 0 aliphatic heterocycles. The Balaban J connectivity index is 2.71. The number of nitrogens with one attached hydrogen (secondary N) is 1. The van der Waals surface area contributed by atoms with Gasteiger partial charge < -0.3 is 5.32 Å². The lowest BCUT2D eigenvalue weighted by atomic mass is 9.87. The molecular formula is C17H28BrN. The Kier molecular flexibility index (Phi) is 8.40. The van der Waals surface area contributed by atoms with Crippen molar-refractivity contribution >= 4 is 15.9 Å². The van der Waals surface area contributed by atoms with E-state index in [2.05, 4.69) is 66.3 Å². The molecule has 1 rings (SSSR count). The van der Waals surface area contributed by atoms with E-state index in [9.17, 15) is 0 Å². The fourth-order valence-electron chi connectivity index (χ4n) is 2.68. The molecule has 0 aliphatic rings. The quantitative estimate of drug-likeness (QED) is 0.603. The molecule has 2 atom stereocenters. The van der Waals surface area contributed by atoms with E-state index in [1.165, 1.54) is 35.7 Å². The highest BCUT2D eigenvalue weighted by Gasteiger charge is 2.16. The van der Waals surface area contributed by atoms with Crippen molar-refractivity contribution in [3.8, 4) is 0 Å². The second-order valence-electron chi connectivity index (χ2n) is 5.55. The highest BCUT2D eigenvalue weighted by atomic mass is 79.9. The summed E-state index contributed by atoms with van der Waals surface area (Å²) in [5, 5.41) is 3.59. The molecule has 1 N–H and O–H groups in total. The van der Waals surface area contributed by atoms with Crippen LogP contribution in [0, 0.1) is 5.92 Å². The van der Waals surface area contributed by atoms with Crippen molar-refractivity contribution in [3.05, 3.63) is 34.3 Å². The van der Waals surface area contributed by atoms with Gasteiger partial charge in [0, 0.05) is 11.0 Å². The van der Waals surface area contributed by atoms with Gasteiger partial charge in [0.2, 0.25) is 0 Å². The summed E-state index contributed by atoms with van der Waals surface area (Å²) in [6.45, 7) is 9.08. The second-order valence-corrected chi connectivity index (χ2v) is 6.41. The summed E-state index contributed by atoms with van der Waals surface area (Å²) in [6, 6.07) is 8.67. The lowest BCUT2D eigenvalue weighted by Crippen LogP contribution is -2.24. The van der Waals surface area contributed by atoms with E-state index in [-0.39, 0.29) is 0 Å². The SMILES string of the molecule is CCCNCC(CC(C)CCC)c1ccccc1Br. The summed E-state index contributed by atoms with van der Waals surface area (Å²) >= 11 is 3.71. The van der Waals surface area contributed by atoms with Crippen molar-refractivity contribution in [1.82, 2.24) is 5.32 Å². The van der Waals surface area contributed by atoms with Gasteiger partial charge in [-0.3, -0.25) is 0 Å². The van der Waals surface area contributed by atoms with E-state index < -0.39 is 0 Å². The summed E-state index contributed by atoms with van der Waals surface area (Å²) in [5.74, 6) is 1.41. The predicted octanol–water partition coefficient (Wildman–Crippen LogP) is 5.36. The Bertz CT molecular complexity index is 351. The normalized spacial score (nSPS) is 14.3. The molecular weight excluding hydrogens is 298 g/mol. The highest BCUT2D eigenvalue weighted by molar-refractivity contribution is 9.10. The van der Waals surface area contributed by atoms with E-state index in [0.29, 0.717) is 5.92 Å². The number of halogens is 1. The molecule has 0 saturated carbocycles. The van der Waals surface area contributed by atoms with Crippen LogP contribution >= 0.6 is 15.9 Å². The van der Waals surface area contributed by atoms with Crippen LogP contribution in [-0.2, 0) is 0 Å². The molecule has 0 bridgehead atoms. The minimum absolute atomic E-state index is 0.615.